The summed E-state index contributed by atoms with van der Waals surface area (Å²) in [6.45, 7) is -0.651. The van der Waals surface area contributed by atoms with E-state index >= 15 is 0 Å². The SMILES string of the molecule is O=C(COC(=O)c1nn(-c2ccccc2)c(=O)c2ccccc12)Nc1cccc([N+](=O)[O-])c1. The second-order valence-corrected chi connectivity index (χ2v) is 6.88. The van der Waals surface area contributed by atoms with Crippen molar-refractivity contribution in [3.63, 3.8) is 0 Å². The molecular weight excluding hydrogens is 428 g/mol. The lowest BCUT2D eigenvalue weighted by Crippen LogP contribution is -2.26. The van der Waals surface area contributed by atoms with E-state index in [-0.39, 0.29) is 22.5 Å². The number of nitro groups is 1. The summed E-state index contributed by atoms with van der Waals surface area (Å²) in [6.07, 6.45) is 0. The summed E-state index contributed by atoms with van der Waals surface area (Å²) in [5.74, 6) is -1.59. The van der Waals surface area contributed by atoms with Gasteiger partial charge in [0.1, 0.15) is 0 Å². The molecule has 0 unspecified atom stereocenters. The Labute approximate surface area is 186 Å². The fourth-order valence-corrected chi connectivity index (χ4v) is 3.18. The van der Waals surface area contributed by atoms with E-state index in [2.05, 4.69) is 10.4 Å². The van der Waals surface area contributed by atoms with Gasteiger partial charge in [0.25, 0.3) is 17.2 Å². The van der Waals surface area contributed by atoms with E-state index in [1.165, 1.54) is 24.3 Å². The van der Waals surface area contributed by atoms with Gasteiger partial charge in [0.15, 0.2) is 12.3 Å². The first-order valence-electron chi connectivity index (χ1n) is 9.73. The van der Waals surface area contributed by atoms with Crippen molar-refractivity contribution < 1.29 is 19.2 Å². The lowest BCUT2D eigenvalue weighted by atomic mass is 10.1. The summed E-state index contributed by atoms with van der Waals surface area (Å²) in [5, 5.41) is 18.0. The van der Waals surface area contributed by atoms with Crippen LogP contribution in [0.1, 0.15) is 10.5 Å². The monoisotopic (exact) mass is 444 g/mol. The molecule has 0 spiro atoms. The number of benzene rings is 3. The quantitative estimate of drug-likeness (QED) is 0.274. The lowest BCUT2D eigenvalue weighted by Gasteiger charge is -2.11. The minimum Gasteiger partial charge on any atom is -0.451 e. The summed E-state index contributed by atoms with van der Waals surface area (Å²) in [4.78, 5) is 48.1. The molecule has 0 saturated carbocycles. The largest absolute Gasteiger partial charge is 0.451 e. The highest BCUT2D eigenvalue weighted by molar-refractivity contribution is 6.03. The molecule has 1 amide bonds. The van der Waals surface area contributed by atoms with E-state index < -0.39 is 29.0 Å². The van der Waals surface area contributed by atoms with Crippen molar-refractivity contribution >= 4 is 34.0 Å². The zero-order chi connectivity index (χ0) is 23.4. The Bertz CT molecular complexity index is 1430. The highest BCUT2D eigenvalue weighted by atomic mass is 16.6. The average molecular weight is 444 g/mol. The summed E-state index contributed by atoms with van der Waals surface area (Å²) in [5.41, 5.74) is -0.0743. The van der Waals surface area contributed by atoms with Crippen LogP contribution in [0.2, 0.25) is 0 Å². The first kappa shape index (κ1) is 21.4. The zero-order valence-electron chi connectivity index (χ0n) is 17.0. The van der Waals surface area contributed by atoms with Gasteiger partial charge in [-0.3, -0.25) is 19.7 Å². The maximum absolute atomic E-state index is 12.9. The molecule has 10 nitrogen and oxygen atoms in total. The number of nitrogens with one attached hydrogen (secondary N) is 1. The molecule has 1 N–H and O–H groups in total. The average Bonchev–Trinajstić information content (AvgIpc) is 2.83. The Morgan fingerprint density at radius 2 is 1.67 bits per heavy atom. The van der Waals surface area contributed by atoms with Crippen LogP contribution in [0.3, 0.4) is 0 Å². The van der Waals surface area contributed by atoms with Crippen molar-refractivity contribution in [2.75, 3.05) is 11.9 Å². The molecule has 1 heterocycles. The topological polar surface area (TPSA) is 133 Å². The number of amides is 1. The third-order valence-electron chi connectivity index (χ3n) is 4.67. The van der Waals surface area contributed by atoms with E-state index in [9.17, 15) is 24.5 Å². The minimum atomic E-state index is -0.898. The molecule has 0 fully saturated rings. The van der Waals surface area contributed by atoms with Crippen LogP contribution in [0.25, 0.3) is 16.5 Å². The number of nitro benzene ring substituents is 1. The molecule has 0 saturated heterocycles. The third-order valence-corrected chi connectivity index (χ3v) is 4.67. The fraction of sp³-hybridized carbons (Fsp3) is 0.0435. The minimum absolute atomic E-state index is 0.128. The lowest BCUT2D eigenvalue weighted by molar-refractivity contribution is -0.384. The zero-order valence-corrected chi connectivity index (χ0v) is 17.0. The van der Waals surface area contributed by atoms with Crippen LogP contribution in [-0.4, -0.2) is 33.2 Å². The first-order valence-corrected chi connectivity index (χ1v) is 9.73. The Kier molecular flexibility index (Phi) is 5.90. The van der Waals surface area contributed by atoms with E-state index in [4.69, 9.17) is 4.74 Å². The molecule has 0 aliphatic heterocycles. The van der Waals surface area contributed by atoms with Crippen LogP contribution < -0.4 is 10.9 Å². The van der Waals surface area contributed by atoms with Gasteiger partial charge in [-0.25, -0.2) is 4.79 Å². The molecule has 0 aliphatic carbocycles. The number of carbonyl (C=O) groups is 2. The number of non-ortho nitro benzene ring substituents is 1. The van der Waals surface area contributed by atoms with Crippen molar-refractivity contribution in [3.8, 4) is 5.69 Å². The third kappa shape index (κ3) is 4.59. The highest BCUT2D eigenvalue weighted by Gasteiger charge is 2.20. The van der Waals surface area contributed by atoms with E-state index in [1.54, 1.807) is 54.6 Å². The number of para-hydroxylation sites is 1. The maximum atomic E-state index is 12.9. The first-order chi connectivity index (χ1) is 15.9. The molecule has 0 aliphatic rings. The summed E-state index contributed by atoms with van der Waals surface area (Å²) >= 11 is 0. The normalized spacial score (nSPS) is 10.5. The number of fused-ring (bicyclic) bond motifs is 1. The maximum Gasteiger partial charge on any atom is 0.359 e. The molecular formula is C23H16N4O6. The summed E-state index contributed by atoms with van der Waals surface area (Å²) in [7, 11) is 0. The van der Waals surface area contributed by atoms with Crippen LogP contribution in [0.5, 0.6) is 0 Å². The van der Waals surface area contributed by atoms with Crippen molar-refractivity contribution in [2.24, 2.45) is 0 Å². The number of nitrogens with zero attached hydrogens (tertiary/aromatic N) is 3. The molecule has 164 valence electrons. The van der Waals surface area contributed by atoms with Gasteiger partial charge in [0.2, 0.25) is 0 Å². The van der Waals surface area contributed by atoms with E-state index in [1.807, 2.05) is 0 Å². The Morgan fingerprint density at radius 3 is 2.39 bits per heavy atom. The summed E-state index contributed by atoms with van der Waals surface area (Å²) in [6, 6.07) is 20.4. The van der Waals surface area contributed by atoms with E-state index in [0.717, 1.165) is 4.68 Å². The molecule has 3 aromatic carbocycles. The van der Waals surface area contributed by atoms with Crippen LogP contribution in [0.15, 0.2) is 83.7 Å². The highest BCUT2D eigenvalue weighted by Crippen LogP contribution is 2.18. The van der Waals surface area contributed by atoms with Crippen LogP contribution in [0.4, 0.5) is 11.4 Å². The number of aromatic nitrogens is 2. The number of hydrogen-bond donors (Lipinski definition) is 1. The van der Waals surface area contributed by atoms with Crippen molar-refractivity contribution in [2.45, 2.75) is 0 Å². The predicted molar refractivity (Wildman–Crippen MR) is 119 cm³/mol. The van der Waals surface area contributed by atoms with Crippen molar-refractivity contribution in [3.05, 3.63) is 105 Å². The molecule has 0 radical (unpaired) electrons. The van der Waals surface area contributed by atoms with Gasteiger partial charge in [0.05, 0.1) is 16.0 Å². The van der Waals surface area contributed by atoms with Crippen molar-refractivity contribution in [1.29, 1.82) is 0 Å². The van der Waals surface area contributed by atoms with Gasteiger partial charge in [-0.15, -0.1) is 0 Å². The standard InChI is InChI=1S/C23H16N4O6/c28-20(24-15-7-6-10-17(13-15)27(31)32)14-33-23(30)21-18-11-4-5-12-19(18)22(29)26(25-21)16-8-2-1-3-9-16/h1-13H,14H2,(H,24,28). The molecule has 1 aromatic heterocycles. The molecule has 10 heteroatoms. The van der Waals surface area contributed by atoms with Crippen LogP contribution >= 0.6 is 0 Å². The van der Waals surface area contributed by atoms with Crippen molar-refractivity contribution in [1.82, 2.24) is 9.78 Å². The Balaban J connectivity index is 1.57. The number of carbonyl (C=O) groups excluding carboxylic acids is 2. The van der Waals surface area contributed by atoms with Gasteiger partial charge < -0.3 is 10.1 Å². The van der Waals surface area contributed by atoms with Gasteiger partial charge >= 0.3 is 5.97 Å². The molecule has 0 atom stereocenters. The fourth-order valence-electron chi connectivity index (χ4n) is 3.18. The van der Waals surface area contributed by atoms with Gasteiger partial charge in [-0.05, 0) is 24.3 Å². The second-order valence-electron chi connectivity index (χ2n) is 6.88. The van der Waals surface area contributed by atoms with E-state index in [0.29, 0.717) is 11.1 Å². The Hall–Kier alpha value is -4.86. The van der Waals surface area contributed by atoms with Crippen LogP contribution in [0, 0.1) is 10.1 Å². The number of rotatable bonds is 6. The molecule has 0 bridgehead atoms. The number of esters is 1. The second kappa shape index (κ2) is 9.10. The molecule has 4 rings (SSSR count). The molecule has 4 aromatic rings. The van der Waals surface area contributed by atoms with Gasteiger partial charge in [-0.2, -0.15) is 9.78 Å². The Morgan fingerprint density at radius 1 is 0.970 bits per heavy atom. The molecule has 33 heavy (non-hydrogen) atoms. The van der Waals surface area contributed by atoms with Gasteiger partial charge in [-0.1, -0.05) is 42.5 Å². The van der Waals surface area contributed by atoms with Crippen LogP contribution in [-0.2, 0) is 9.53 Å². The predicted octanol–water partition coefficient (Wildman–Crippen LogP) is 3.09. The number of ether oxygens (including phenoxy) is 1. The smallest absolute Gasteiger partial charge is 0.359 e. The van der Waals surface area contributed by atoms with Gasteiger partial charge in [0, 0.05) is 23.2 Å². The number of hydrogen-bond acceptors (Lipinski definition) is 7. The number of anilines is 1. The summed E-state index contributed by atoms with van der Waals surface area (Å²) < 4.78 is 6.22.